The van der Waals surface area contributed by atoms with E-state index in [-0.39, 0.29) is 5.57 Å². The highest BCUT2D eigenvalue weighted by Crippen LogP contribution is 2.17. The first-order valence-electron chi connectivity index (χ1n) is 5.03. The van der Waals surface area contributed by atoms with Crippen LogP contribution in [-0.4, -0.2) is 21.0 Å². The van der Waals surface area contributed by atoms with Gasteiger partial charge in [0.2, 0.25) is 0 Å². The van der Waals surface area contributed by atoms with Crippen molar-refractivity contribution in [2.75, 3.05) is 0 Å². The number of benzene rings is 1. The monoisotopic (exact) mass is 226 g/mol. The molecule has 2 rings (SSSR count). The molecule has 0 aliphatic carbocycles. The average molecular weight is 226 g/mol. The molecule has 0 fully saturated rings. The fourth-order valence-electron chi connectivity index (χ4n) is 1.44. The molecule has 1 aromatic heterocycles. The van der Waals surface area contributed by atoms with E-state index in [1.807, 2.05) is 6.07 Å². The van der Waals surface area contributed by atoms with Crippen LogP contribution in [0.4, 0.5) is 0 Å². The third-order valence-electron chi connectivity index (χ3n) is 2.21. The maximum atomic E-state index is 11.2. The number of hydrogen-bond acceptors (Lipinski definition) is 3. The molecule has 1 aromatic carbocycles. The van der Waals surface area contributed by atoms with Gasteiger partial charge in [0.25, 0.3) is 0 Å². The summed E-state index contributed by atoms with van der Waals surface area (Å²) in [5, 5.41) is 9.18. The summed E-state index contributed by atoms with van der Waals surface area (Å²) in [5.74, 6) is -0.972. The normalized spacial score (nSPS) is 11.2. The number of carbonyl (C=O) groups is 1. The lowest BCUT2D eigenvalue weighted by Crippen LogP contribution is -1.99. The van der Waals surface area contributed by atoms with Crippen LogP contribution in [0, 0.1) is 0 Å². The first-order chi connectivity index (χ1) is 8.27. The van der Waals surface area contributed by atoms with Gasteiger partial charge in [-0.25, -0.2) is 14.8 Å². The van der Waals surface area contributed by atoms with E-state index in [1.54, 1.807) is 42.7 Å². The standard InChI is InChI=1S/C13H10N2O2/c16-13(17)12(11-4-2-1-3-5-11)6-10-7-14-9-15-8-10/h1-9H,(H,16,17). The topological polar surface area (TPSA) is 63.1 Å². The van der Waals surface area contributed by atoms with Gasteiger partial charge in [0.1, 0.15) is 6.33 Å². The Morgan fingerprint density at radius 3 is 2.35 bits per heavy atom. The zero-order valence-electron chi connectivity index (χ0n) is 8.95. The van der Waals surface area contributed by atoms with Crippen LogP contribution in [0.25, 0.3) is 11.6 Å². The molecule has 0 unspecified atom stereocenters. The molecule has 4 heteroatoms. The van der Waals surface area contributed by atoms with Crippen molar-refractivity contribution >= 4 is 17.6 Å². The number of aliphatic carboxylic acids is 1. The molecular weight excluding hydrogens is 216 g/mol. The van der Waals surface area contributed by atoms with Crippen molar-refractivity contribution in [2.45, 2.75) is 0 Å². The lowest BCUT2D eigenvalue weighted by Gasteiger charge is -2.02. The number of nitrogens with zero attached hydrogens (tertiary/aromatic N) is 2. The highest BCUT2D eigenvalue weighted by atomic mass is 16.4. The number of carboxylic acid groups (broad SMARTS) is 1. The fourth-order valence-corrected chi connectivity index (χ4v) is 1.44. The van der Waals surface area contributed by atoms with Crippen molar-refractivity contribution in [2.24, 2.45) is 0 Å². The second kappa shape index (κ2) is 5.03. The molecular formula is C13H10N2O2. The molecule has 17 heavy (non-hydrogen) atoms. The summed E-state index contributed by atoms with van der Waals surface area (Å²) in [4.78, 5) is 18.9. The average Bonchev–Trinajstić information content (AvgIpc) is 2.38. The van der Waals surface area contributed by atoms with Crippen molar-refractivity contribution in [1.29, 1.82) is 0 Å². The fraction of sp³-hybridized carbons (Fsp3) is 0. The minimum Gasteiger partial charge on any atom is -0.478 e. The molecule has 2 aromatic rings. The van der Waals surface area contributed by atoms with Gasteiger partial charge in [-0.1, -0.05) is 30.3 Å². The predicted molar refractivity (Wildman–Crippen MR) is 64.0 cm³/mol. The van der Waals surface area contributed by atoms with Crippen LogP contribution < -0.4 is 0 Å². The van der Waals surface area contributed by atoms with Crippen LogP contribution in [0.5, 0.6) is 0 Å². The van der Waals surface area contributed by atoms with E-state index in [9.17, 15) is 9.90 Å². The zero-order valence-corrected chi connectivity index (χ0v) is 8.95. The number of rotatable bonds is 3. The first-order valence-corrected chi connectivity index (χ1v) is 5.03. The van der Waals surface area contributed by atoms with Crippen LogP contribution in [0.1, 0.15) is 11.1 Å². The van der Waals surface area contributed by atoms with Crippen molar-refractivity contribution in [3.05, 3.63) is 60.2 Å². The Bertz CT molecular complexity index is 536. The number of aromatic nitrogens is 2. The highest BCUT2D eigenvalue weighted by molar-refractivity contribution is 6.20. The smallest absolute Gasteiger partial charge is 0.336 e. The summed E-state index contributed by atoms with van der Waals surface area (Å²) in [6, 6.07) is 8.95. The van der Waals surface area contributed by atoms with E-state index in [1.165, 1.54) is 6.33 Å². The summed E-state index contributed by atoms with van der Waals surface area (Å²) in [5.41, 5.74) is 1.54. The molecule has 4 nitrogen and oxygen atoms in total. The Kier molecular flexibility index (Phi) is 3.25. The van der Waals surface area contributed by atoms with Gasteiger partial charge >= 0.3 is 5.97 Å². The molecule has 0 amide bonds. The lowest BCUT2D eigenvalue weighted by molar-refractivity contribution is -0.130. The van der Waals surface area contributed by atoms with Crippen molar-refractivity contribution in [3.8, 4) is 0 Å². The molecule has 1 N–H and O–H groups in total. The van der Waals surface area contributed by atoms with Gasteiger partial charge in [0.05, 0.1) is 5.57 Å². The van der Waals surface area contributed by atoms with Gasteiger partial charge in [-0.2, -0.15) is 0 Å². The molecule has 0 radical (unpaired) electrons. The van der Waals surface area contributed by atoms with E-state index < -0.39 is 5.97 Å². The summed E-state index contributed by atoms with van der Waals surface area (Å²) >= 11 is 0. The van der Waals surface area contributed by atoms with Crippen molar-refractivity contribution < 1.29 is 9.90 Å². The third-order valence-corrected chi connectivity index (χ3v) is 2.21. The Labute approximate surface area is 98.3 Å². The quantitative estimate of drug-likeness (QED) is 0.814. The van der Waals surface area contributed by atoms with Crippen molar-refractivity contribution in [3.63, 3.8) is 0 Å². The maximum Gasteiger partial charge on any atom is 0.336 e. The van der Waals surface area contributed by atoms with Crippen LogP contribution in [0.15, 0.2) is 49.1 Å². The Hall–Kier alpha value is -2.49. The van der Waals surface area contributed by atoms with E-state index >= 15 is 0 Å². The van der Waals surface area contributed by atoms with E-state index in [2.05, 4.69) is 9.97 Å². The van der Waals surface area contributed by atoms with E-state index in [0.29, 0.717) is 11.1 Å². The number of hydrogen-bond donors (Lipinski definition) is 1. The molecule has 84 valence electrons. The zero-order chi connectivity index (χ0) is 12.1. The summed E-state index contributed by atoms with van der Waals surface area (Å²) < 4.78 is 0. The molecule has 0 bridgehead atoms. The molecule has 0 aliphatic rings. The second-order valence-corrected chi connectivity index (χ2v) is 3.40. The van der Waals surface area contributed by atoms with E-state index in [4.69, 9.17) is 0 Å². The summed E-state index contributed by atoms with van der Waals surface area (Å²) in [7, 11) is 0. The van der Waals surface area contributed by atoms with Gasteiger partial charge in [0, 0.05) is 18.0 Å². The van der Waals surface area contributed by atoms with Crippen LogP contribution in [0.3, 0.4) is 0 Å². The van der Waals surface area contributed by atoms with Gasteiger partial charge in [-0.15, -0.1) is 0 Å². The molecule has 0 saturated heterocycles. The minimum absolute atomic E-state index is 0.223. The molecule has 0 atom stereocenters. The summed E-state index contributed by atoms with van der Waals surface area (Å²) in [6.07, 6.45) is 6.09. The first kappa shape index (κ1) is 11.0. The Morgan fingerprint density at radius 1 is 1.12 bits per heavy atom. The minimum atomic E-state index is -0.972. The highest BCUT2D eigenvalue weighted by Gasteiger charge is 2.09. The number of carboxylic acids is 1. The lowest BCUT2D eigenvalue weighted by atomic mass is 10.0. The SMILES string of the molecule is O=C(O)C(=Cc1cncnc1)c1ccccc1. The Balaban J connectivity index is 2.44. The van der Waals surface area contributed by atoms with Gasteiger partial charge < -0.3 is 5.11 Å². The second-order valence-electron chi connectivity index (χ2n) is 3.40. The van der Waals surface area contributed by atoms with Gasteiger partial charge in [-0.05, 0) is 11.6 Å². The Morgan fingerprint density at radius 2 is 1.76 bits per heavy atom. The molecule has 0 spiro atoms. The van der Waals surface area contributed by atoms with Gasteiger partial charge in [-0.3, -0.25) is 0 Å². The largest absolute Gasteiger partial charge is 0.478 e. The van der Waals surface area contributed by atoms with Crippen LogP contribution in [0.2, 0.25) is 0 Å². The summed E-state index contributed by atoms with van der Waals surface area (Å²) in [6.45, 7) is 0. The van der Waals surface area contributed by atoms with Crippen LogP contribution >= 0.6 is 0 Å². The third kappa shape index (κ3) is 2.75. The molecule has 1 heterocycles. The van der Waals surface area contributed by atoms with Crippen molar-refractivity contribution in [1.82, 2.24) is 9.97 Å². The van der Waals surface area contributed by atoms with Crippen LogP contribution in [-0.2, 0) is 4.79 Å². The maximum absolute atomic E-state index is 11.2. The molecule has 0 saturated carbocycles. The van der Waals surface area contributed by atoms with Gasteiger partial charge in [0.15, 0.2) is 0 Å². The molecule has 0 aliphatic heterocycles. The predicted octanol–water partition coefficient (Wildman–Crippen LogP) is 2.10. The van der Waals surface area contributed by atoms with E-state index in [0.717, 1.165) is 0 Å².